The zero-order chi connectivity index (χ0) is 10.7. The second-order valence-corrected chi connectivity index (χ2v) is 3.79. The molecule has 1 aliphatic rings. The fourth-order valence-corrected chi connectivity index (χ4v) is 1.76. The largest absolute Gasteiger partial charge is 0.475 e. The van der Waals surface area contributed by atoms with E-state index in [0.717, 1.165) is 6.42 Å². The van der Waals surface area contributed by atoms with Crippen LogP contribution < -0.4 is 5.73 Å². The number of likely N-dealkylation sites (tertiary alicyclic amines) is 1. The van der Waals surface area contributed by atoms with Gasteiger partial charge in [-0.25, -0.2) is 0 Å². The maximum absolute atomic E-state index is 11.7. The summed E-state index contributed by atoms with van der Waals surface area (Å²) in [6, 6.07) is 0. The summed E-state index contributed by atoms with van der Waals surface area (Å²) in [5, 5.41) is 18.1. The summed E-state index contributed by atoms with van der Waals surface area (Å²) < 4.78 is 0. The highest BCUT2D eigenvalue weighted by molar-refractivity contribution is 6.43. The first-order chi connectivity index (χ1) is 6.57. The van der Waals surface area contributed by atoms with E-state index in [1.165, 1.54) is 4.90 Å². The fraction of sp³-hybridized carbons (Fsp3) is 0.875. The van der Waals surface area contributed by atoms with Crippen LogP contribution in [0.5, 0.6) is 0 Å². The van der Waals surface area contributed by atoms with Crippen molar-refractivity contribution in [2.75, 3.05) is 13.1 Å². The number of hydrogen-bond acceptors (Lipinski definition) is 4. The molecule has 0 aromatic carbocycles. The second-order valence-electron chi connectivity index (χ2n) is 3.79. The first-order valence-electron chi connectivity index (χ1n) is 4.94. The number of carbonyl (C=O) groups is 1. The molecule has 1 heterocycles. The van der Waals surface area contributed by atoms with Gasteiger partial charge in [0.1, 0.15) is 0 Å². The number of hydrogen-bond donors (Lipinski definition) is 3. The summed E-state index contributed by atoms with van der Waals surface area (Å²) in [7, 11) is -1.44. The van der Waals surface area contributed by atoms with Crippen LogP contribution in [0.15, 0.2) is 0 Å². The molecule has 0 bridgehead atoms. The van der Waals surface area contributed by atoms with Gasteiger partial charge in [-0.15, -0.1) is 0 Å². The number of nitrogens with zero attached hydrogens (tertiary/aromatic N) is 1. The number of amides is 1. The Morgan fingerprint density at radius 3 is 2.86 bits per heavy atom. The second kappa shape index (κ2) is 4.77. The molecular formula is C8H17BN2O3. The summed E-state index contributed by atoms with van der Waals surface area (Å²) in [6.45, 7) is 2.65. The van der Waals surface area contributed by atoms with Gasteiger partial charge in [0.05, 0.1) is 5.94 Å². The van der Waals surface area contributed by atoms with Crippen molar-refractivity contribution in [3.8, 4) is 0 Å². The van der Waals surface area contributed by atoms with Crippen molar-refractivity contribution in [1.82, 2.24) is 4.90 Å². The molecule has 14 heavy (non-hydrogen) atoms. The molecule has 1 saturated heterocycles. The number of nitrogens with two attached hydrogens (primary N) is 1. The van der Waals surface area contributed by atoms with Crippen LogP contribution in [0.1, 0.15) is 19.8 Å². The third kappa shape index (κ3) is 2.26. The van der Waals surface area contributed by atoms with Gasteiger partial charge in [0.25, 0.3) is 0 Å². The highest BCUT2D eigenvalue weighted by Crippen LogP contribution is 2.20. The average molecular weight is 200 g/mol. The molecule has 1 aliphatic heterocycles. The minimum absolute atomic E-state index is 0.0805. The van der Waals surface area contributed by atoms with Gasteiger partial charge in [0, 0.05) is 19.0 Å². The predicted octanol–water partition coefficient (Wildman–Crippen LogP) is -1.42. The average Bonchev–Trinajstić information content (AvgIpc) is 2.63. The monoisotopic (exact) mass is 200 g/mol. The third-order valence-corrected chi connectivity index (χ3v) is 2.70. The van der Waals surface area contributed by atoms with Crippen molar-refractivity contribution in [3.63, 3.8) is 0 Å². The van der Waals surface area contributed by atoms with Gasteiger partial charge in [-0.2, -0.15) is 0 Å². The Morgan fingerprint density at radius 2 is 2.36 bits per heavy atom. The lowest BCUT2D eigenvalue weighted by atomic mass is 9.77. The molecule has 1 amide bonds. The van der Waals surface area contributed by atoms with E-state index in [1.54, 1.807) is 6.92 Å². The van der Waals surface area contributed by atoms with E-state index >= 15 is 0 Å². The highest BCUT2D eigenvalue weighted by Gasteiger charge is 2.37. The fourth-order valence-electron chi connectivity index (χ4n) is 1.76. The summed E-state index contributed by atoms with van der Waals surface area (Å²) in [6.07, 6.45) is 1.48. The molecule has 0 spiro atoms. The Balaban J connectivity index is 2.62. The first kappa shape index (κ1) is 11.5. The topological polar surface area (TPSA) is 86.8 Å². The molecule has 0 aromatic rings. The zero-order valence-corrected chi connectivity index (χ0v) is 8.39. The summed E-state index contributed by atoms with van der Waals surface area (Å²) in [5.74, 6) is -0.769. The molecule has 2 atom stereocenters. The normalized spacial score (nSPS) is 23.7. The van der Waals surface area contributed by atoms with E-state index in [4.69, 9.17) is 15.8 Å². The van der Waals surface area contributed by atoms with Gasteiger partial charge in [-0.3, -0.25) is 4.79 Å². The molecule has 0 radical (unpaired) electrons. The van der Waals surface area contributed by atoms with Crippen LogP contribution in [0.25, 0.3) is 0 Å². The molecule has 0 aliphatic carbocycles. The van der Waals surface area contributed by atoms with Gasteiger partial charge < -0.3 is 20.7 Å². The standard InChI is InChI=1S/C8H17BN2O3/c1-6(5-10)8(12)11-4-2-3-7(11)9(13)14/h6-7,13-14H,2-5,10H2,1H3. The van der Waals surface area contributed by atoms with E-state index in [-0.39, 0.29) is 11.8 Å². The van der Waals surface area contributed by atoms with Crippen molar-refractivity contribution in [3.05, 3.63) is 0 Å². The van der Waals surface area contributed by atoms with E-state index in [1.807, 2.05) is 0 Å². The summed E-state index contributed by atoms with van der Waals surface area (Å²) in [5.41, 5.74) is 5.39. The smallest absolute Gasteiger partial charge is 0.426 e. The molecule has 1 fully saturated rings. The van der Waals surface area contributed by atoms with Crippen molar-refractivity contribution in [1.29, 1.82) is 0 Å². The SMILES string of the molecule is CC(CN)C(=O)N1CCCC1B(O)O. The van der Waals surface area contributed by atoms with Gasteiger partial charge in [0.2, 0.25) is 5.91 Å². The predicted molar refractivity (Wildman–Crippen MR) is 53.1 cm³/mol. The minimum atomic E-state index is -1.44. The first-order valence-corrected chi connectivity index (χ1v) is 4.94. The van der Waals surface area contributed by atoms with Gasteiger partial charge >= 0.3 is 7.12 Å². The Hall–Kier alpha value is -0.585. The van der Waals surface area contributed by atoms with Crippen LogP contribution in [0.4, 0.5) is 0 Å². The number of rotatable bonds is 3. The molecule has 4 N–H and O–H groups in total. The van der Waals surface area contributed by atoms with Gasteiger partial charge in [-0.1, -0.05) is 6.92 Å². The van der Waals surface area contributed by atoms with Crippen molar-refractivity contribution in [2.45, 2.75) is 25.7 Å². The van der Waals surface area contributed by atoms with Crippen LogP contribution in [-0.2, 0) is 4.79 Å². The molecule has 5 nitrogen and oxygen atoms in total. The lowest BCUT2D eigenvalue weighted by Gasteiger charge is -2.26. The lowest BCUT2D eigenvalue weighted by Crippen LogP contribution is -2.48. The van der Waals surface area contributed by atoms with Crippen LogP contribution in [0, 0.1) is 5.92 Å². The van der Waals surface area contributed by atoms with E-state index in [0.29, 0.717) is 19.5 Å². The van der Waals surface area contributed by atoms with Crippen molar-refractivity contribution >= 4 is 13.0 Å². The molecular weight excluding hydrogens is 183 g/mol. The lowest BCUT2D eigenvalue weighted by molar-refractivity contribution is -0.134. The Bertz CT molecular complexity index is 213. The van der Waals surface area contributed by atoms with Crippen LogP contribution in [-0.4, -0.2) is 47.0 Å². The maximum Gasteiger partial charge on any atom is 0.475 e. The molecule has 6 heteroatoms. The summed E-state index contributed by atoms with van der Waals surface area (Å²) in [4.78, 5) is 13.2. The molecule has 80 valence electrons. The Kier molecular flexibility index (Phi) is 3.91. The Morgan fingerprint density at radius 1 is 1.71 bits per heavy atom. The van der Waals surface area contributed by atoms with Crippen molar-refractivity contribution < 1.29 is 14.8 Å². The molecule has 0 aromatic heterocycles. The summed E-state index contributed by atoms with van der Waals surface area (Å²) >= 11 is 0. The van der Waals surface area contributed by atoms with E-state index < -0.39 is 13.1 Å². The zero-order valence-electron chi connectivity index (χ0n) is 8.39. The molecule has 2 unspecified atom stereocenters. The van der Waals surface area contributed by atoms with Crippen LogP contribution in [0.3, 0.4) is 0 Å². The molecule has 0 saturated carbocycles. The van der Waals surface area contributed by atoms with Crippen LogP contribution in [0.2, 0.25) is 0 Å². The van der Waals surface area contributed by atoms with Gasteiger partial charge in [0.15, 0.2) is 0 Å². The van der Waals surface area contributed by atoms with E-state index in [2.05, 4.69) is 0 Å². The number of carbonyl (C=O) groups excluding carboxylic acids is 1. The van der Waals surface area contributed by atoms with E-state index in [9.17, 15) is 4.79 Å². The highest BCUT2D eigenvalue weighted by atomic mass is 16.4. The molecule has 1 rings (SSSR count). The maximum atomic E-state index is 11.7. The quantitative estimate of drug-likeness (QED) is 0.488. The van der Waals surface area contributed by atoms with Crippen LogP contribution >= 0.6 is 0 Å². The van der Waals surface area contributed by atoms with Gasteiger partial charge in [-0.05, 0) is 12.8 Å². The Labute approximate surface area is 84.0 Å². The minimum Gasteiger partial charge on any atom is -0.426 e. The third-order valence-electron chi connectivity index (χ3n) is 2.70. The van der Waals surface area contributed by atoms with Crippen molar-refractivity contribution in [2.24, 2.45) is 11.7 Å².